The Hall–Kier alpha value is -1.36. The fraction of sp³-hybridized carbons (Fsp3) is 0.818. The maximum Gasteiger partial charge on any atom is 0.308 e. The molecule has 2 saturated heterocycles. The van der Waals surface area contributed by atoms with Gasteiger partial charge in [0.25, 0.3) is 0 Å². The molecule has 2 aliphatic heterocycles. The molecule has 4 rings (SSSR count). The smallest absolute Gasteiger partial charge is 0.308 e. The van der Waals surface area contributed by atoms with Crippen LogP contribution >= 0.6 is 0 Å². The van der Waals surface area contributed by atoms with Gasteiger partial charge in [-0.1, -0.05) is 39.3 Å². The van der Waals surface area contributed by atoms with Gasteiger partial charge in [-0.3, -0.25) is 9.59 Å². The largest absolute Gasteiger partial charge is 0.435 e. The number of hydrogen-bond donors (Lipinski definition) is 0. The van der Waals surface area contributed by atoms with Crippen LogP contribution in [0.25, 0.3) is 0 Å². The second-order valence-electron chi connectivity index (χ2n) is 9.97. The zero-order valence-electron chi connectivity index (χ0n) is 17.0. The molecule has 2 saturated carbocycles. The second kappa shape index (κ2) is 6.33. The molecular weight excluding hydrogens is 344 g/mol. The molecule has 5 nitrogen and oxygen atoms in total. The second-order valence-corrected chi connectivity index (χ2v) is 9.97. The van der Waals surface area contributed by atoms with Gasteiger partial charge in [0.05, 0.1) is 12.3 Å². The van der Waals surface area contributed by atoms with E-state index in [4.69, 9.17) is 14.2 Å². The first-order chi connectivity index (χ1) is 12.6. The van der Waals surface area contributed by atoms with Crippen molar-refractivity contribution in [2.24, 2.45) is 34.5 Å². The lowest BCUT2D eigenvalue weighted by molar-refractivity contribution is -0.207. The van der Waals surface area contributed by atoms with Gasteiger partial charge < -0.3 is 14.2 Å². The van der Waals surface area contributed by atoms with Crippen LogP contribution in [0.4, 0.5) is 0 Å². The zero-order chi connectivity index (χ0) is 19.6. The summed E-state index contributed by atoms with van der Waals surface area (Å²) < 4.78 is 16.6. The summed E-state index contributed by atoms with van der Waals surface area (Å²) in [6.45, 7) is 13.1. The van der Waals surface area contributed by atoms with Crippen molar-refractivity contribution >= 4 is 11.9 Å². The van der Waals surface area contributed by atoms with E-state index in [1.54, 1.807) is 0 Å². The molecule has 1 unspecified atom stereocenters. The van der Waals surface area contributed by atoms with Crippen molar-refractivity contribution in [3.63, 3.8) is 0 Å². The molecule has 4 fully saturated rings. The SMILES string of the molecule is C=C(C1[C@@H](OC(C)=O)O[C@@H]2OC(=O)C[C@H]12)[C@H]1CC[C@H]2C(C)(C)CCC[C@]12C. The Morgan fingerprint density at radius 1 is 1.22 bits per heavy atom. The van der Waals surface area contributed by atoms with E-state index in [9.17, 15) is 9.59 Å². The third-order valence-corrected chi connectivity index (χ3v) is 8.00. The minimum Gasteiger partial charge on any atom is -0.435 e. The van der Waals surface area contributed by atoms with Crippen LogP contribution in [0.3, 0.4) is 0 Å². The van der Waals surface area contributed by atoms with E-state index < -0.39 is 12.6 Å². The predicted molar refractivity (Wildman–Crippen MR) is 99.2 cm³/mol. The molecule has 5 heteroatoms. The molecule has 0 amide bonds. The number of esters is 2. The molecule has 27 heavy (non-hydrogen) atoms. The Morgan fingerprint density at radius 2 is 1.96 bits per heavy atom. The molecule has 0 aromatic rings. The van der Waals surface area contributed by atoms with Gasteiger partial charge in [-0.2, -0.15) is 0 Å². The van der Waals surface area contributed by atoms with Crippen molar-refractivity contribution in [2.75, 3.05) is 0 Å². The van der Waals surface area contributed by atoms with Gasteiger partial charge in [0.2, 0.25) is 12.6 Å². The maximum atomic E-state index is 11.8. The highest BCUT2D eigenvalue weighted by Gasteiger charge is 2.59. The summed E-state index contributed by atoms with van der Waals surface area (Å²) >= 11 is 0. The van der Waals surface area contributed by atoms with Crippen LogP contribution < -0.4 is 0 Å². The summed E-state index contributed by atoms with van der Waals surface area (Å²) in [6.07, 6.45) is 5.05. The van der Waals surface area contributed by atoms with E-state index in [0.29, 0.717) is 23.7 Å². The normalized spacial score (nSPS) is 45.1. The first-order valence-electron chi connectivity index (χ1n) is 10.3. The van der Waals surface area contributed by atoms with Crippen LogP contribution in [0.2, 0.25) is 0 Å². The highest BCUT2D eigenvalue weighted by molar-refractivity contribution is 5.72. The summed E-state index contributed by atoms with van der Waals surface area (Å²) in [5.74, 6) is 0.150. The number of carbonyl (C=O) groups excluding carboxylic acids is 2. The summed E-state index contributed by atoms with van der Waals surface area (Å²) in [7, 11) is 0. The van der Waals surface area contributed by atoms with E-state index in [2.05, 4.69) is 27.4 Å². The Bertz CT molecular complexity index is 668. The van der Waals surface area contributed by atoms with E-state index in [1.165, 1.54) is 32.6 Å². The molecule has 0 aromatic carbocycles. The molecule has 2 aliphatic carbocycles. The third-order valence-electron chi connectivity index (χ3n) is 8.00. The lowest BCUT2D eigenvalue weighted by atomic mass is 9.54. The van der Waals surface area contributed by atoms with Crippen molar-refractivity contribution in [1.82, 2.24) is 0 Å². The summed E-state index contributed by atoms with van der Waals surface area (Å²) in [5.41, 5.74) is 1.65. The van der Waals surface area contributed by atoms with Crippen molar-refractivity contribution in [1.29, 1.82) is 0 Å². The molecule has 0 N–H and O–H groups in total. The zero-order valence-corrected chi connectivity index (χ0v) is 17.0. The monoisotopic (exact) mass is 376 g/mol. The molecule has 2 heterocycles. The maximum absolute atomic E-state index is 11.8. The fourth-order valence-electron chi connectivity index (χ4n) is 6.92. The predicted octanol–water partition coefficient (Wildman–Crippen LogP) is 4.21. The van der Waals surface area contributed by atoms with Crippen molar-refractivity contribution in [2.45, 2.75) is 78.8 Å². The Labute approximate surface area is 161 Å². The van der Waals surface area contributed by atoms with Crippen LogP contribution in [0.5, 0.6) is 0 Å². The number of hydrogen-bond acceptors (Lipinski definition) is 5. The van der Waals surface area contributed by atoms with Gasteiger partial charge in [0.1, 0.15) is 0 Å². The van der Waals surface area contributed by atoms with Crippen molar-refractivity contribution < 1.29 is 23.8 Å². The van der Waals surface area contributed by atoms with Crippen LogP contribution in [-0.2, 0) is 23.8 Å². The molecule has 0 aromatic heterocycles. The van der Waals surface area contributed by atoms with Gasteiger partial charge >= 0.3 is 11.9 Å². The van der Waals surface area contributed by atoms with Crippen molar-refractivity contribution in [3.8, 4) is 0 Å². The van der Waals surface area contributed by atoms with Crippen LogP contribution in [0.1, 0.15) is 66.2 Å². The van der Waals surface area contributed by atoms with Crippen LogP contribution in [-0.4, -0.2) is 24.5 Å². The van der Waals surface area contributed by atoms with Gasteiger partial charge in [0.15, 0.2) is 0 Å². The first-order valence-corrected chi connectivity index (χ1v) is 10.3. The lowest BCUT2D eigenvalue weighted by Gasteiger charge is -2.50. The van der Waals surface area contributed by atoms with Gasteiger partial charge in [-0.15, -0.1) is 0 Å². The van der Waals surface area contributed by atoms with Crippen molar-refractivity contribution in [3.05, 3.63) is 12.2 Å². The van der Waals surface area contributed by atoms with Crippen LogP contribution in [0, 0.1) is 34.5 Å². The summed E-state index contributed by atoms with van der Waals surface area (Å²) in [4.78, 5) is 23.4. The number of fused-ring (bicyclic) bond motifs is 2. The Kier molecular flexibility index (Phi) is 4.45. The van der Waals surface area contributed by atoms with E-state index in [1.807, 2.05) is 0 Å². The number of carbonyl (C=O) groups is 2. The summed E-state index contributed by atoms with van der Waals surface area (Å²) in [6, 6.07) is 0. The average molecular weight is 376 g/mol. The minimum atomic E-state index is -0.697. The molecule has 0 bridgehead atoms. The standard InChI is InChI=1S/C22H32O5/c1-12(15-7-8-16-21(3,4)9-6-10-22(15,16)5)18-14-11-17(24)26-19(14)27-20(18)25-13(2)23/h14-16,18-20H,1,6-11H2,2-5H3/t14-,15-,16+,18?,19+,20+,22-/m1/s1. The topological polar surface area (TPSA) is 61.8 Å². The van der Waals surface area contributed by atoms with Crippen LogP contribution in [0.15, 0.2) is 12.2 Å². The Morgan fingerprint density at radius 3 is 2.67 bits per heavy atom. The minimum absolute atomic E-state index is 0.103. The molecule has 150 valence electrons. The van der Waals surface area contributed by atoms with E-state index in [-0.39, 0.29) is 29.2 Å². The van der Waals surface area contributed by atoms with Gasteiger partial charge in [-0.25, -0.2) is 0 Å². The van der Waals surface area contributed by atoms with E-state index in [0.717, 1.165) is 12.0 Å². The fourth-order valence-corrected chi connectivity index (χ4v) is 6.92. The first kappa shape index (κ1) is 19.0. The highest BCUT2D eigenvalue weighted by atomic mass is 16.8. The number of rotatable bonds is 3. The third kappa shape index (κ3) is 2.93. The van der Waals surface area contributed by atoms with Gasteiger partial charge in [-0.05, 0) is 48.3 Å². The summed E-state index contributed by atoms with van der Waals surface area (Å²) in [5, 5.41) is 0. The molecular formula is C22H32O5. The lowest BCUT2D eigenvalue weighted by Crippen LogP contribution is -2.43. The molecule has 7 atom stereocenters. The van der Waals surface area contributed by atoms with Gasteiger partial charge in [0, 0.05) is 12.8 Å². The molecule has 4 aliphatic rings. The quantitative estimate of drug-likeness (QED) is 0.545. The van der Waals surface area contributed by atoms with E-state index >= 15 is 0 Å². The average Bonchev–Trinajstić information content (AvgIpc) is 3.16. The molecule has 0 spiro atoms. The Balaban J connectivity index is 1.62. The highest BCUT2D eigenvalue weighted by Crippen LogP contribution is 2.64. The molecule has 0 radical (unpaired) electrons. The number of ether oxygens (including phenoxy) is 3.